The molecule has 3 atom stereocenters. The summed E-state index contributed by atoms with van der Waals surface area (Å²) in [5.74, 6) is 1.02. The summed E-state index contributed by atoms with van der Waals surface area (Å²) in [6, 6.07) is 4.24. The molecule has 2 aliphatic heterocycles. The SMILES string of the molecule is COc1cc(C(=O)OC2CCC3CC[C@H]2N3C)cc(OC)c1OC. The first kappa shape index (κ1) is 16.9. The summed E-state index contributed by atoms with van der Waals surface area (Å²) in [5, 5.41) is 0. The highest BCUT2D eigenvalue weighted by Crippen LogP contribution is 2.39. The van der Waals surface area contributed by atoms with Crippen LogP contribution >= 0.6 is 0 Å². The predicted octanol–water partition coefficient (Wildman–Crippen LogP) is 2.49. The van der Waals surface area contributed by atoms with Gasteiger partial charge >= 0.3 is 5.97 Å². The maximum absolute atomic E-state index is 12.6. The van der Waals surface area contributed by atoms with Crippen LogP contribution in [0.1, 0.15) is 36.0 Å². The van der Waals surface area contributed by atoms with Gasteiger partial charge in [0.2, 0.25) is 5.75 Å². The summed E-state index contributed by atoms with van der Waals surface area (Å²) < 4.78 is 21.7. The van der Waals surface area contributed by atoms with Gasteiger partial charge in [0.1, 0.15) is 6.10 Å². The Balaban J connectivity index is 1.80. The summed E-state index contributed by atoms with van der Waals surface area (Å²) in [4.78, 5) is 15.0. The summed E-state index contributed by atoms with van der Waals surface area (Å²) in [6.07, 6.45) is 4.24. The molecule has 2 fully saturated rings. The van der Waals surface area contributed by atoms with Crippen LogP contribution in [0.15, 0.2) is 12.1 Å². The van der Waals surface area contributed by atoms with Crippen LogP contribution in [0.4, 0.5) is 0 Å². The lowest BCUT2D eigenvalue weighted by Gasteiger charge is -2.36. The van der Waals surface area contributed by atoms with Crippen molar-refractivity contribution < 1.29 is 23.7 Å². The van der Waals surface area contributed by atoms with Gasteiger partial charge in [-0.3, -0.25) is 4.90 Å². The quantitative estimate of drug-likeness (QED) is 0.771. The van der Waals surface area contributed by atoms with E-state index in [-0.39, 0.29) is 12.1 Å². The van der Waals surface area contributed by atoms with E-state index in [0.717, 1.165) is 19.3 Å². The van der Waals surface area contributed by atoms with Gasteiger partial charge in [-0.05, 0) is 44.9 Å². The van der Waals surface area contributed by atoms with Gasteiger partial charge in [-0.15, -0.1) is 0 Å². The van der Waals surface area contributed by atoms with Crippen molar-refractivity contribution in [2.24, 2.45) is 0 Å². The van der Waals surface area contributed by atoms with Gasteiger partial charge in [0.25, 0.3) is 0 Å². The molecule has 0 amide bonds. The maximum atomic E-state index is 12.6. The lowest BCUT2D eigenvalue weighted by Crippen LogP contribution is -2.46. The highest BCUT2D eigenvalue weighted by Gasteiger charge is 2.42. The highest BCUT2D eigenvalue weighted by atomic mass is 16.5. The average molecular weight is 335 g/mol. The Morgan fingerprint density at radius 1 is 1.00 bits per heavy atom. The third-order valence-electron chi connectivity index (χ3n) is 5.27. The predicted molar refractivity (Wildman–Crippen MR) is 89.1 cm³/mol. The van der Waals surface area contributed by atoms with Crippen molar-refractivity contribution in [3.8, 4) is 17.2 Å². The van der Waals surface area contributed by atoms with Crippen LogP contribution in [-0.2, 0) is 4.74 Å². The molecule has 2 saturated heterocycles. The van der Waals surface area contributed by atoms with Crippen LogP contribution in [-0.4, -0.2) is 57.4 Å². The zero-order chi connectivity index (χ0) is 17.3. The van der Waals surface area contributed by atoms with Crippen LogP contribution < -0.4 is 14.2 Å². The number of rotatable bonds is 5. The van der Waals surface area contributed by atoms with Crippen molar-refractivity contribution in [2.45, 2.75) is 43.9 Å². The van der Waals surface area contributed by atoms with Crippen LogP contribution in [0.3, 0.4) is 0 Å². The molecule has 6 heteroatoms. The number of fused-ring (bicyclic) bond motifs is 2. The second kappa shape index (κ2) is 6.89. The first-order valence-corrected chi connectivity index (χ1v) is 8.32. The maximum Gasteiger partial charge on any atom is 0.338 e. The summed E-state index contributed by atoms with van der Waals surface area (Å²) in [5.41, 5.74) is 0.410. The summed E-state index contributed by atoms with van der Waals surface area (Å²) in [7, 11) is 6.72. The molecule has 2 aliphatic rings. The molecule has 0 radical (unpaired) electrons. The molecule has 0 spiro atoms. The second-order valence-corrected chi connectivity index (χ2v) is 6.40. The fourth-order valence-corrected chi connectivity index (χ4v) is 3.93. The van der Waals surface area contributed by atoms with Crippen molar-refractivity contribution in [3.63, 3.8) is 0 Å². The molecular weight excluding hydrogens is 310 g/mol. The Kier molecular flexibility index (Phi) is 4.85. The largest absolute Gasteiger partial charge is 0.493 e. The lowest BCUT2D eigenvalue weighted by atomic mass is 10.0. The van der Waals surface area contributed by atoms with E-state index >= 15 is 0 Å². The van der Waals surface area contributed by atoms with Crippen LogP contribution in [0.25, 0.3) is 0 Å². The Hall–Kier alpha value is -1.95. The van der Waals surface area contributed by atoms with Crippen molar-refractivity contribution in [3.05, 3.63) is 17.7 Å². The van der Waals surface area contributed by atoms with Gasteiger partial charge in [-0.25, -0.2) is 4.79 Å². The molecule has 0 aliphatic carbocycles. The molecule has 2 unspecified atom stereocenters. The number of methoxy groups -OCH3 is 3. The molecule has 1 aromatic rings. The molecule has 0 N–H and O–H groups in total. The minimum atomic E-state index is -0.349. The lowest BCUT2D eigenvalue weighted by molar-refractivity contribution is -0.0130. The minimum Gasteiger partial charge on any atom is -0.493 e. The van der Waals surface area contributed by atoms with Crippen molar-refractivity contribution in [2.75, 3.05) is 28.4 Å². The van der Waals surface area contributed by atoms with Gasteiger partial charge < -0.3 is 18.9 Å². The van der Waals surface area contributed by atoms with E-state index in [1.54, 1.807) is 12.1 Å². The zero-order valence-electron chi connectivity index (χ0n) is 14.7. The van der Waals surface area contributed by atoms with E-state index in [4.69, 9.17) is 18.9 Å². The standard InChI is InChI=1S/C18H25NO5/c1-19-12-5-7-13(19)14(8-6-12)24-18(20)11-9-15(21-2)17(23-4)16(10-11)22-3/h9-10,12-14H,5-8H2,1-4H3/t12?,13-,14?/m1/s1. The number of likely N-dealkylation sites (N-methyl/N-ethyl adjacent to an activating group) is 1. The van der Waals surface area contributed by atoms with Gasteiger partial charge in [0.05, 0.1) is 26.9 Å². The Bertz CT molecular complexity index is 592. The normalized spacial score (nSPS) is 26.1. The molecule has 2 bridgehead atoms. The van der Waals surface area contributed by atoms with E-state index < -0.39 is 0 Å². The van der Waals surface area contributed by atoms with Crippen molar-refractivity contribution in [1.82, 2.24) is 4.90 Å². The number of nitrogens with zero attached hydrogens (tertiary/aromatic N) is 1. The molecule has 132 valence electrons. The second-order valence-electron chi connectivity index (χ2n) is 6.40. The first-order chi connectivity index (χ1) is 11.6. The first-order valence-electron chi connectivity index (χ1n) is 8.32. The van der Waals surface area contributed by atoms with Gasteiger partial charge in [-0.2, -0.15) is 0 Å². The molecule has 0 saturated carbocycles. The molecule has 3 rings (SSSR count). The monoisotopic (exact) mass is 335 g/mol. The van der Waals surface area contributed by atoms with Crippen LogP contribution in [0.2, 0.25) is 0 Å². The van der Waals surface area contributed by atoms with Crippen molar-refractivity contribution in [1.29, 1.82) is 0 Å². The van der Waals surface area contributed by atoms with E-state index in [9.17, 15) is 4.79 Å². The van der Waals surface area contributed by atoms with E-state index in [1.807, 2.05) is 0 Å². The third-order valence-corrected chi connectivity index (χ3v) is 5.27. The third kappa shape index (κ3) is 2.90. The van der Waals surface area contributed by atoms with Crippen LogP contribution in [0, 0.1) is 0 Å². The number of piperidine rings is 1. The van der Waals surface area contributed by atoms with Gasteiger partial charge in [0.15, 0.2) is 11.5 Å². The van der Waals surface area contributed by atoms with Crippen LogP contribution in [0.5, 0.6) is 17.2 Å². The number of carbonyl (C=O) groups excluding carboxylic acids is 1. The van der Waals surface area contributed by atoms with Gasteiger partial charge in [-0.1, -0.05) is 0 Å². The van der Waals surface area contributed by atoms with E-state index in [1.165, 1.54) is 27.8 Å². The van der Waals surface area contributed by atoms with E-state index in [2.05, 4.69) is 11.9 Å². The summed E-state index contributed by atoms with van der Waals surface area (Å²) in [6.45, 7) is 0. The minimum absolute atomic E-state index is 0.0552. The molecule has 1 aromatic carbocycles. The molecule has 0 aromatic heterocycles. The molecular formula is C18H25NO5. The summed E-state index contributed by atoms with van der Waals surface area (Å²) >= 11 is 0. The Labute approximate surface area is 142 Å². The Morgan fingerprint density at radius 2 is 1.62 bits per heavy atom. The molecule has 2 heterocycles. The zero-order valence-corrected chi connectivity index (χ0v) is 14.7. The Morgan fingerprint density at radius 3 is 2.21 bits per heavy atom. The number of benzene rings is 1. The fraction of sp³-hybridized carbons (Fsp3) is 0.611. The highest BCUT2D eigenvalue weighted by molar-refractivity contribution is 5.91. The topological polar surface area (TPSA) is 57.2 Å². The number of ether oxygens (including phenoxy) is 4. The smallest absolute Gasteiger partial charge is 0.338 e. The number of hydrogen-bond donors (Lipinski definition) is 0. The van der Waals surface area contributed by atoms with Crippen molar-refractivity contribution >= 4 is 5.97 Å². The van der Waals surface area contributed by atoms with E-state index in [0.29, 0.717) is 34.9 Å². The fourth-order valence-electron chi connectivity index (χ4n) is 3.93. The number of carbonyl (C=O) groups is 1. The van der Waals surface area contributed by atoms with Gasteiger partial charge in [0, 0.05) is 12.1 Å². The number of esters is 1. The average Bonchev–Trinajstić information content (AvgIpc) is 2.83. The molecule has 24 heavy (non-hydrogen) atoms. The molecule has 6 nitrogen and oxygen atoms in total. The number of hydrogen-bond acceptors (Lipinski definition) is 6.